The van der Waals surface area contributed by atoms with E-state index in [0.717, 1.165) is 5.56 Å². The third-order valence-electron chi connectivity index (χ3n) is 4.17. The summed E-state index contributed by atoms with van der Waals surface area (Å²) in [6, 6.07) is 6.31. The molecule has 0 radical (unpaired) electrons. The molecular formula is C19H27Cl2N5O4. The highest BCUT2D eigenvalue weighted by molar-refractivity contribution is 6.18. The van der Waals surface area contributed by atoms with Crippen molar-refractivity contribution in [3.63, 3.8) is 0 Å². The summed E-state index contributed by atoms with van der Waals surface area (Å²) in [7, 11) is 0. The molecule has 0 aliphatic heterocycles. The van der Waals surface area contributed by atoms with Gasteiger partial charge in [0.15, 0.2) is 0 Å². The van der Waals surface area contributed by atoms with E-state index in [2.05, 4.69) is 21.2 Å². The Bertz CT molecular complexity index is 705. The topological polar surface area (TPSA) is 120 Å². The Morgan fingerprint density at radius 3 is 2.23 bits per heavy atom. The number of carbonyl (C=O) groups is 3. The normalized spacial score (nSPS) is 12.6. The van der Waals surface area contributed by atoms with E-state index < -0.39 is 24.0 Å². The minimum Gasteiger partial charge on any atom is -0.353 e. The predicted molar refractivity (Wildman–Crippen MR) is 116 cm³/mol. The van der Waals surface area contributed by atoms with Gasteiger partial charge in [-0.15, -0.1) is 28.1 Å². The summed E-state index contributed by atoms with van der Waals surface area (Å²) in [5.41, 5.74) is 0.786. The Morgan fingerprint density at radius 2 is 1.70 bits per heavy atom. The van der Waals surface area contributed by atoms with Crippen LogP contribution in [0.2, 0.25) is 0 Å². The molecule has 0 aromatic heterocycles. The fourth-order valence-corrected chi connectivity index (χ4v) is 2.87. The van der Waals surface area contributed by atoms with Gasteiger partial charge in [-0.2, -0.15) is 5.01 Å². The van der Waals surface area contributed by atoms with E-state index >= 15 is 0 Å². The predicted octanol–water partition coefficient (Wildman–Crippen LogP) is 2.03. The molecular weight excluding hydrogens is 433 g/mol. The van der Waals surface area contributed by atoms with E-state index in [1.165, 1.54) is 0 Å². The zero-order chi connectivity index (χ0) is 22.5. The number of benzene rings is 1. The van der Waals surface area contributed by atoms with E-state index in [0.29, 0.717) is 5.01 Å². The van der Waals surface area contributed by atoms with Gasteiger partial charge in [0.2, 0.25) is 11.8 Å². The first-order valence-electron chi connectivity index (χ1n) is 9.49. The molecule has 0 spiro atoms. The van der Waals surface area contributed by atoms with Crippen LogP contribution < -0.4 is 16.0 Å². The molecule has 166 valence electrons. The van der Waals surface area contributed by atoms with Crippen LogP contribution in [0, 0.1) is 10.8 Å². The Balaban J connectivity index is 3.00. The first-order valence-corrected chi connectivity index (χ1v) is 10.6. The van der Waals surface area contributed by atoms with Crippen LogP contribution in [0.15, 0.2) is 35.6 Å². The summed E-state index contributed by atoms with van der Waals surface area (Å²) < 4.78 is 0. The maximum atomic E-state index is 13.0. The highest BCUT2D eigenvalue weighted by Crippen LogP contribution is 2.08. The van der Waals surface area contributed by atoms with Crippen molar-refractivity contribution in [3.8, 4) is 0 Å². The van der Waals surface area contributed by atoms with Gasteiger partial charge in [0.25, 0.3) is 0 Å². The molecule has 0 saturated heterocycles. The fraction of sp³-hybridized carbons (Fsp3) is 0.526. The molecule has 11 heteroatoms. The van der Waals surface area contributed by atoms with Crippen molar-refractivity contribution >= 4 is 41.0 Å². The standard InChI is InChI=1S/C19H27Cl2N5O4/c1-13(2)16(18(28)22-10-8-20)24-17(27)15(12-14-6-4-3-5-7-14)23-19(29)26(25-30)11-9-21/h3-7,13,15-16H,8-12H2,1-2H3,(H,22,28)(H,23,29)(H,24,27)/t15-,16-/m1/s1. The van der Waals surface area contributed by atoms with Crippen LogP contribution in [0.4, 0.5) is 4.79 Å². The van der Waals surface area contributed by atoms with E-state index in [1.807, 2.05) is 6.07 Å². The van der Waals surface area contributed by atoms with Crippen molar-refractivity contribution in [2.75, 3.05) is 24.8 Å². The first kappa shape index (κ1) is 25.6. The number of amides is 4. The molecule has 0 heterocycles. The van der Waals surface area contributed by atoms with Crippen molar-refractivity contribution in [3.05, 3.63) is 40.8 Å². The molecule has 4 amide bonds. The second kappa shape index (κ2) is 13.8. The first-order chi connectivity index (χ1) is 14.3. The minimum absolute atomic E-state index is 0.00484. The van der Waals surface area contributed by atoms with Crippen LogP contribution in [0.5, 0.6) is 0 Å². The van der Waals surface area contributed by atoms with E-state index in [1.54, 1.807) is 38.1 Å². The molecule has 0 bridgehead atoms. The van der Waals surface area contributed by atoms with Gasteiger partial charge in [0.05, 0.1) is 11.8 Å². The number of carbonyl (C=O) groups excluding carboxylic acids is 3. The largest absolute Gasteiger partial charge is 0.353 e. The minimum atomic E-state index is -1.04. The lowest BCUT2D eigenvalue weighted by Crippen LogP contribution is -2.57. The third-order valence-corrected chi connectivity index (χ3v) is 4.52. The van der Waals surface area contributed by atoms with E-state index in [4.69, 9.17) is 23.2 Å². The Kier molecular flexibility index (Phi) is 11.8. The summed E-state index contributed by atoms with van der Waals surface area (Å²) >= 11 is 11.2. The number of nitrogens with zero attached hydrogens (tertiary/aromatic N) is 2. The molecule has 0 saturated carbocycles. The van der Waals surface area contributed by atoms with Crippen LogP contribution in [0.3, 0.4) is 0 Å². The van der Waals surface area contributed by atoms with E-state index in [-0.39, 0.29) is 43.1 Å². The van der Waals surface area contributed by atoms with Crippen LogP contribution in [-0.2, 0) is 16.0 Å². The third kappa shape index (κ3) is 8.54. The van der Waals surface area contributed by atoms with Crippen molar-refractivity contribution in [1.82, 2.24) is 21.0 Å². The van der Waals surface area contributed by atoms with Crippen LogP contribution >= 0.6 is 23.2 Å². The van der Waals surface area contributed by atoms with Gasteiger partial charge in [-0.3, -0.25) is 9.59 Å². The molecule has 9 nitrogen and oxygen atoms in total. The number of urea groups is 1. The summed E-state index contributed by atoms with van der Waals surface area (Å²) in [4.78, 5) is 48.6. The summed E-state index contributed by atoms with van der Waals surface area (Å²) in [6.45, 7) is 3.73. The summed E-state index contributed by atoms with van der Waals surface area (Å²) in [5, 5.41) is 11.0. The van der Waals surface area contributed by atoms with Crippen LogP contribution in [0.1, 0.15) is 19.4 Å². The highest BCUT2D eigenvalue weighted by Gasteiger charge is 2.30. The fourth-order valence-electron chi connectivity index (χ4n) is 2.61. The lowest BCUT2D eigenvalue weighted by molar-refractivity contribution is -0.130. The number of hydrogen-bond acceptors (Lipinski definition) is 5. The molecule has 1 rings (SSSR count). The quantitative estimate of drug-likeness (QED) is 0.251. The summed E-state index contributed by atoms with van der Waals surface area (Å²) in [5.74, 6) is -0.899. The number of nitroso groups, excluding NO2 is 1. The lowest BCUT2D eigenvalue weighted by atomic mass is 10.0. The molecule has 3 N–H and O–H groups in total. The molecule has 0 aliphatic carbocycles. The SMILES string of the molecule is CC(C)[C@@H](NC(=O)[C@@H](Cc1ccccc1)NC(=O)N(CCCl)N=O)C(=O)NCCCl. The average Bonchev–Trinajstić information content (AvgIpc) is 2.73. The zero-order valence-electron chi connectivity index (χ0n) is 16.9. The molecule has 0 fully saturated rings. The average molecular weight is 460 g/mol. The smallest absolute Gasteiger partial charge is 0.341 e. The second-order valence-electron chi connectivity index (χ2n) is 6.80. The van der Waals surface area contributed by atoms with Gasteiger partial charge in [0.1, 0.15) is 12.1 Å². The Labute approximate surface area is 185 Å². The number of halogens is 2. The van der Waals surface area contributed by atoms with Crippen LogP contribution in [-0.4, -0.2) is 59.8 Å². The Morgan fingerprint density at radius 1 is 1.03 bits per heavy atom. The number of nitrogens with one attached hydrogen (secondary N) is 3. The maximum absolute atomic E-state index is 13.0. The highest BCUT2D eigenvalue weighted by atomic mass is 35.5. The van der Waals surface area contributed by atoms with Gasteiger partial charge in [0, 0.05) is 24.7 Å². The van der Waals surface area contributed by atoms with Gasteiger partial charge < -0.3 is 16.0 Å². The number of alkyl halides is 2. The summed E-state index contributed by atoms with van der Waals surface area (Å²) in [6.07, 6.45) is 0.153. The number of hydrogen-bond donors (Lipinski definition) is 3. The van der Waals surface area contributed by atoms with Gasteiger partial charge in [-0.05, 0) is 11.5 Å². The van der Waals surface area contributed by atoms with E-state index in [9.17, 15) is 19.3 Å². The molecule has 0 aliphatic rings. The lowest BCUT2D eigenvalue weighted by Gasteiger charge is -2.26. The van der Waals surface area contributed by atoms with Crippen LogP contribution in [0.25, 0.3) is 0 Å². The molecule has 30 heavy (non-hydrogen) atoms. The molecule has 1 aromatic carbocycles. The second-order valence-corrected chi connectivity index (χ2v) is 7.55. The van der Waals surface area contributed by atoms with Crippen molar-refractivity contribution in [1.29, 1.82) is 0 Å². The molecule has 0 unspecified atom stereocenters. The van der Waals surface area contributed by atoms with Gasteiger partial charge >= 0.3 is 6.03 Å². The Hall–Kier alpha value is -2.39. The van der Waals surface area contributed by atoms with Crippen molar-refractivity contribution < 1.29 is 14.4 Å². The van der Waals surface area contributed by atoms with Gasteiger partial charge in [-0.25, -0.2) is 4.79 Å². The number of rotatable bonds is 12. The zero-order valence-corrected chi connectivity index (χ0v) is 18.4. The molecule has 2 atom stereocenters. The van der Waals surface area contributed by atoms with Crippen molar-refractivity contribution in [2.45, 2.75) is 32.4 Å². The molecule has 1 aromatic rings. The van der Waals surface area contributed by atoms with Gasteiger partial charge in [-0.1, -0.05) is 44.2 Å². The maximum Gasteiger partial charge on any atom is 0.341 e. The van der Waals surface area contributed by atoms with Crippen molar-refractivity contribution in [2.24, 2.45) is 11.2 Å². The monoisotopic (exact) mass is 459 g/mol.